The van der Waals surface area contributed by atoms with E-state index in [9.17, 15) is 0 Å². The molecule has 2 unspecified atom stereocenters. The average molecular weight is 255 g/mol. The molecule has 1 fully saturated rings. The van der Waals surface area contributed by atoms with E-state index < -0.39 is 0 Å². The predicted octanol–water partition coefficient (Wildman–Crippen LogP) is 1.84. The summed E-state index contributed by atoms with van der Waals surface area (Å²) in [5, 5.41) is 7.76. The fraction of sp³-hybridized carbons (Fsp3) is 0.538. The van der Waals surface area contributed by atoms with E-state index in [1.54, 1.807) is 7.11 Å². The van der Waals surface area contributed by atoms with Gasteiger partial charge in [-0.3, -0.25) is 0 Å². The highest BCUT2D eigenvalue weighted by molar-refractivity contribution is 6.30. The predicted molar refractivity (Wildman–Crippen MR) is 71.0 cm³/mol. The highest BCUT2D eigenvalue weighted by Crippen LogP contribution is 2.24. The van der Waals surface area contributed by atoms with Crippen LogP contribution in [-0.4, -0.2) is 32.3 Å². The quantitative estimate of drug-likeness (QED) is 0.864. The molecule has 0 radical (unpaired) electrons. The molecule has 1 aromatic carbocycles. The zero-order valence-corrected chi connectivity index (χ0v) is 11.1. The van der Waals surface area contributed by atoms with Crippen LogP contribution in [0.1, 0.15) is 12.5 Å². The first-order valence-corrected chi connectivity index (χ1v) is 6.37. The first-order valence-electron chi connectivity index (χ1n) is 6.00. The Bertz CT molecular complexity index is 384. The van der Waals surface area contributed by atoms with Gasteiger partial charge in [0.25, 0.3) is 0 Å². The highest BCUT2D eigenvalue weighted by atomic mass is 35.5. The summed E-state index contributed by atoms with van der Waals surface area (Å²) in [4.78, 5) is 0. The van der Waals surface area contributed by atoms with E-state index in [1.165, 1.54) is 0 Å². The van der Waals surface area contributed by atoms with Crippen molar-refractivity contribution in [2.24, 2.45) is 0 Å². The second-order valence-corrected chi connectivity index (χ2v) is 4.90. The van der Waals surface area contributed by atoms with E-state index in [4.69, 9.17) is 16.3 Å². The number of halogens is 1. The molecule has 2 atom stereocenters. The number of rotatable bonds is 3. The minimum Gasteiger partial charge on any atom is -0.496 e. The Labute approximate surface area is 107 Å². The molecule has 1 saturated heterocycles. The minimum atomic E-state index is 0.427. The molecular formula is C13H19ClN2O. The largest absolute Gasteiger partial charge is 0.496 e. The Hall–Kier alpha value is -0.770. The second kappa shape index (κ2) is 5.71. The van der Waals surface area contributed by atoms with Crippen molar-refractivity contribution in [2.75, 3.05) is 20.2 Å². The van der Waals surface area contributed by atoms with Gasteiger partial charge in [-0.1, -0.05) is 11.6 Å². The Kier molecular flexibility index (Phi) is 4.26. The molecule has 0 saturated carbocycles. The molecule has 2 N–H and O–H groups in total. The molecule has 0 aromatic heterocycles. The lowest BCUT2D eigenvalue weighted by molar-refractivity contribution is 0.332. The van der Waals surface area contributed by atoms with E-state index >= 15 is 0 Å². The lowest BCUT2D eigenvalue weighted by atomic mass is 9.98. The maximum absolute atomic E-state index is 6.04. The molecule has 0 aliphatic carbocycles. The molecule has 1 aromatic rings. The fourth-order valence-electron chi connectivity index (χ4n) is 2.27. The summed E-state index contributed by atoms with van der Waals surface area (Å²) in [6.45, 7) is 4.25. The third-order valence-electron chi connectivity index (χ3n) is 3.28. The zero-order valence-electron chi connectivity index (χ0n) is 10.3. The van der Waals surface area contributed by atoms with Crippen LogP contribution in [0.2, 0.25) is 5.02 Å². The molecule has 3 nitrogen and oxygen atoms in total. The Morgan fingerprint density at radius 3 is 2.82 bits per heavy atom. The molecule has 0 spiro atoms. The molecule has 1 aliphatic heterocycles. The molecule has 94 valence electrons. The Morgan fingerprint density at radius 1 is 1.35 bits per heavy atom. The first-order chi connectivity index (χ1) is 8.20. The number of benzene rings is 1. The lowest BCUT2D eigenvalue weighted by Gasteiger charge is -2.31. The molecule has 1 heterocycles. The van der Waals surface area contributed by atoms with Gasteiger partial charge in [0.2, 0.25) is 0 Å². The van der Waals surface area contributed by atoms with Gasteiger partial charge in [-0.15, -0.1) is 0 Å². The summed E-state index contributed by atoms with van der Waals surface area (Å²) in [7, 11) is 1.70. The molecule has 0 bridgehead atoms. The van der Waals surface area contributed by atoms with Crippen molar-refractivity contribution >= 4 is 11.6 Å². The SMILES string of the molecule is COc1ccc(Cl)cc1CC1NCCNC1C. The molecule has 17 heavy (non-hydrogen) atoms. The van der Waals surface area contributed by atoms with E-state index in [0.717, 1.165) is 35.8 Å². The van der Waals surface area contributed by atoms with Gasteiger partial charge in [0, 0.05) is 30.2 Å². The van der Waals surface area contributed by atoms with E-state index in [1.807, 2.05) is 18.2 Å². The van der Waals surface area contributed by atoms with Crippen molar-refractivity contribution in [3.05, 3.63) is 28.8 Å². The van der Waals surface area contributed by atoms with Gasteiger partial charge in [0.1, 0.15) is 5.75 Å². The number of hydrogen-bond donors (Lipinski definition) is 2. The first kappa shape index (κ1) is 12.7. The minimum absolute atomic E-state index is 0.427. The summed E-state index contributed by atoms with van der Waals surface area (Å²) >= 11 is 6.04. The number of hydrogen-bond acceptors (Lipinski definition) is 3. The number of nitrogens with one attached hydrogen (secondary N) is 2. The van der Waals surface area contributed by atoms with Crippen LogP contribution < -0.4 is 15.4 Å². The maximum atomic E-state index is 6.04. The highest BCUT2D eigenvalue weighted by Gasteiger charge is 2.21. The number of methoxy groups -OCH3 is 1. The van der Waals surface area contributed by atoms with Crippen LogP contribution in [-0.2, 0) is 6.42 Å². The summed E-state index contributed by atoms with van der Waals surface area (Å²) < 4.78 is 5.37. The van der Waals surface area contributed by atoms with Crippen molar-refractivity contribution < 1.29 is 4.74 Å². The van der Waals surface area contributed by atoms with Gasteiger partial charge in [0.05, 0.1) is 7.11 Å². The summed E-state index contributed by atoms with van der Waals surface area (Å²) in [5.41, 5.74) is 1.16. The molecule has 1 aliphatic rings. The van der Waals surface area contributed by atoms with Crippen LogP contribution in [0, 0.1) is 0 Å². The Balaban J connectivity index is 2.13. The van der Waals surface area contributed by atoms with E-state index in [-0.39, 0.29) is 0 Å². The van der Waals surface area contributed by atoms with Crippen LogP contribution in [0.15, 0.2) is 18.2 Å². The third kappa shape index (κ3) is 3.12. The monoisotopic (exact) mass is 254 g/mol. The smallest absolute Gasteiger partial charge is 0.122 e. The van der Waals surface area contributed by atoms with Gasteiger partial charge in [0.15, 0.2) is 0 Å². The number of ether oxygens (including phenoxy) is 1. The summed E-state index contributed by atoms with van der Waals surface area (Å²) in [6.07, 6.45) is 0.928. The van der Waals surface area contributed by atoms with E-state index in [2.05, 4.69) is 17.6 Å². The molecule has 4 heteroatoms. The summed E-state index contributed by atoms with van der Waals surface area (Å²) in [6, 6.07) is 6.67. The standard InChI is InChI=1S/C13H19ClN2O/c1-9-12(16-6-5-15-9)8-10-7-11(14)3-4-13(10)17-2/h3-4,7,9,12,15-16H,5-6,8H2,1-2H3. The third-order valence-corrected chi connectivity index (χ3v) is 3.52. The van der Waals surface area contributed by atoms with Crippen LogP contribution >= 0.6 is 11.6 Å². The van der Waals surface area contributed by atoms with Gasteiger partial charge < -0.3 is 15.4 Å². The lowest BCUT2D eigenvalue weighted by Crippen LogP contribution is -2.55. The maximum Gasteiger partial charge on any atom is 0.122 e. The van der Waals surface area contributed by atoms with Crippen LogP contribution in [0.25, 0.3) is 0 Å². The van der Waals surface area contributed by atoms with Crippen molar-refractivity contribution in [3.8, 4) is 5.75 Å². The Morgan fingerprint density at radius 2 is 2.12 bits per heavy atom. The van der Waals surface area contributed by atoms with Gasteiger partial charge >= 0.3 is 0 Å². The normalized spacial score (nSPS) is 24.6. The average Bonchev–Trinajstić information content (AvgIpc) is 2.32. The van der Waals surface area contributed by atoms with Crippen molar-refractivity contribution in [3.63, 3.8) is 0 Å². The molecular weight excluding hydrogens is 236 g/mol. The van der Waals surface area contributed by atoms with Gasteiger partial charge in [-0.2, -0.15) is 0 Å². The van der Waals surface area contributed by atoms with E-state index in [0.29, 0.717) is 12.1 Å². The number of piperazine rings is 1. The van der Waals surface area contributed by atoms with Crippen molar-refractivity contribution in [2.45, 2.75) is 25.4 Å². The van der Waals surface area contributed by atoms with Crippen LogP contribution in [0.5, 0.6) is 5.75 Å². The fourth-order valence-corrected chi connectivity index (χ4v) is 2.46. The zero-order chi connectivity index (χ0) is 12.3. The molecule has 0 amide bonds. The van der Waals surface area contributed by atoms with Crippen molar-refractivity contribution in [1.29, 1.82) is 0 Å². The molecule has 2 rings (SSSR count). The topological polar surface area (TPSA) is 33.3 Å². The van der Waals surface area contributed by atoms with Gasteiger partial charge in [-0.05, 0) is 37.1 Å². The van der Waals surface area contributed by atoms with Gasteiger partial charge in [-0.25, -0.2) is 0 Å². The second-order valence-electron chi connectivity index (χ2n) is 4.46. The summed E-state index contributed by atoms with van der Waals surface area (Å²) in [5.74, 6) is 0.911. The van der Waals surface area contributed by atoms with Crippen LogP contribution in [0.4, 0.5) is 0 Å². The van der Waals surface area contributed by atoms with Crippen molar-refractivity contribution in [1.82, 2.24) is 10.6 Å². The van der Waals surface area contributed by atoms with Crippen LogP contribution in [0.3, 0.4) is 0 Å².